The zero-order valence-corrected chi connectivity index (χ0v) is 17.9. The van der Waals surface area contributed by atoms with Gasteiger partial charge in [0.25, 0.3) is 11.6 Å². The highest BCUT2D eigenvalue weighted by atomic mass is 16.5. The molecule has 9 atom stereocenters. The molecule has 6 heteroatoms. The summed E-state index contributed by atoms with van der Waals surface area (Å²) in [5.74, 6) is 5.11. The number of rotatable bonds is 4. The van der Waals surface area contributed by atoms with E-state index in [-0.39, 0.29) is 5.91 Å². The molecule has 3 aromatic rings. The van der Waals surface area contributed by atoms with Gasteiger partial charge in [0.15, 0.2) is 0 Å². The molecule has 9 unspecified atom stereocenters. The third-order valence-corrected chi connectivity index (χ3v) is 9.98. The van der Waals surface area contributed by atoms with Gasteiger partial charge in [-0.1, -0.05) is 35.5 Å². The van der Waals surface area contributed by atoms with Crippen molar-refractivity contribution in [1.29, 1.82) is 0 Å². The lowest BCUT2D eigenvalue weighted by Gasteiger charge is -2.51. The Labute approximate surface area is 185 Å². The van der Waals surface area contributed by atoms with Gasteiger partial charge in [0.2, 0.25) is 0 Å². The van der Waals surface area contributed by atoms with Crippen molar-refractivity contribution in [2.24, 2.45) is 47.3 Å². The molecule has 32 heavy (non-hydrogen) atoms. The summed E-state index contributed by atoms with van der Waals surface area (Å²) >= 11 is 0. The first-order valence-electron chi connectivity index (χ1n) is 11.9. The van der Waals surface area contributed by atoms with Gasteiger partial charge in [-0.2, -0.15) is 0 Å². The van der Waals surface area contributed by atoms with Crippen LogP contribution in [-0.2, 0) is 0 Å². The molecule has 2 N–H and O–H groups in total. The van der Waals surface area contributed by atoms with Gasteiger partial charge in [-0.15, -0.1) is 0 Å². The van der Waals surface area contributed by atoms with Gasteiger partial charge in [-0.25, -0.2) is 4.98 Å². The quantitative estimate of drug-likeness (QED) is 0.666. The number of aliphatic hydroxyl groups is 1. The first kappa shape index (κ1) is 17.8. The fourth-order valence-corrected chi connectivity index (χ4v) is 9.31. The summed E-state index contributed by atoms with van der Waals surface area (Å²) in [6.45, 7) is 2.17. The molecule has 5 aliphatic carbocycles. The molecular formula is C26H25N3O3. The summed E-state index contributed by atoms with van der Waals surface area (Å²) in [5.41, 5.74) is 2.39. The number of aryl methyl sites for hydroxylation is 1. The van der Waals surface area contributed by atoms with Crippen LogP contribution in [0.5, 0.6) is 0 Å². The van der Waals surface area contributed by atoms with E-state index in [1.807, 2.05) is 43.3 Å². The normalized spacial score (nSPS) is 41.6. The number of aromatic nitrogens is 2. The number of nitrogens with one attached hydrogen (secondary N) is 1. The van der Waals surface area contributed by atoms with Crippen molar-refractivity contribution in [3.8, 4) is 11.3 Å². The minimum atomic E-state index is -0.738. The Morgan fingerprint density at radius 1 is 1.12 bits per heavy atom. The van der Waals surface area contributed by atoms with Crippen molar-refractivity contribution in [1.82, 2.24) is 15.5 Å². The molecule has 2 heterocycles. The van der Waals surface area contributed by atoms with Gasteiger partial charge in [0.05, 0.1) is 27.9 Å². The number of hydrogen-bond acceptors (Lipinski definition) is 5. The number of hydrogen-bond donors (Lipinski definition) is 2. The molecule has 8 rings (SSSR count). The standard InChI is InChI=1S/C26H25N3O3/c1-11-19-17(9-18(28-25(19)32-29-11)12-5-3-2-4-6-12)24(30)27-10-26(31)22-14-8-15-20-13(14)7-16(22)21(20)23(15)26/h2-6,9,13-16,20-23,31H,7-8,10H2,1H3,(H,27,30). The first-order valence-corrected chi connectivity index (χ1v) is 11.9. The van der Waals surface area contributed by atoms with Crippen LogP contribution in [0.4, 0.5) is 0 Å². The van der Waals surface area contributed by atoms with E-state index in [2.05, 4.69) is 15.5 Å². The zero-order valence-electron chi connectivity index (χ0n) is 17.9. The van der Waals surface area contributed by atoms with Crippen molar-refractivity contribution in [2.75, 3.05) is 6.54 Å². The monoisotopic (exact) mass is 427 g/mol. The number of pyridine rings is 1. The Morgan fingerprint density at radius 2 is 1.91 bits per heavy atom. The molecule has 0 radical (unpaired) electrons. The maximum absolute atomic E-state index is 13.5. The molecule has 0 aliphatic heterocycles. The minimum absolute atomic E-state index is 0.187. The van der Waals surface area contributed by atoms with E-state index >= 15 is 0 Å². The lowest BCUT2D eigenvalue weighted by atomic mass is 9.56. The molecule has 0 spiro atoms. The van der Waals surface area contributed by atoms with Crippen LogP contribution in [0.2, 0.25) is 0 Å². The summed E-state index contributed by atoms with van der Waals surface area (Å²) < 4.78 is 5.43. The lowest BCUT2D eigenvalue weighted by Crippen LogP contribution is -2.59. The number of amides is 1. The van der Waals surface area contributed by atoms with Gasteiger partial charge >= 0.3 is 0 Å². The van der Waals surface area contributed by atoms with Gasteiger partial charge in [-0.3, -0.25) is 4.79 Å². The summed E-state index contributed by atoms with van der Waals surface area (Å²) in [6.07, 6.45) is 2.64. The highest BCUT2D eigenvalue weighted by molar-refractivity contribution is 6.07. The molecular weight excluding hydrogens is 402 g/mol. The van der Waals surface area contributed by atoms with Crippen LogP contribution < -0.4 is 5.32 Å². The largest absolute Gasteiger partial charge is 0.387 e. The van der Waals surface area contributed by atoms with Crippen LogP contribution in [0.3, 0.4) is 0 Å². The molecule has 1 aromatic carbocycles. The SMILES string of the molecule is Cc1noc2nc(-c3ccccc3)cc(C(=O)NCC3(O)C4C5CC6C7C5CC4C7C63)c12. The van der Waals surface area contributed by atoms with Crippen molar-refractivity contribution in [3.05, 3.63) is 47.7 Å². The van der Waals surface area contributed by atoms with Crippen molar-refractivity contribution in [2.45, 2.75) is 25.4 Å². The number of nitrogens with zero attached hydrogens (tertiary/aromatic N) is 2. The minimum Gasteiger partial charge on any atom is -0.387 e. The highest BCUT2D eigenvalue weighted by Gasteiger charge is 2.84. The van der Waals surface area contributed by atoms with Gasteiger partial charge in [-0.05, 0) is 73.2 Å². The van der Waals surface area contributed by atoms with Crippen LogP contribution >= 0.6 is 0 Å². The smallest absolute Gasteiger partial charge is 0.259 e. The number of benzene rings is 1. The Kier molecular flexibility index (Phi) is 3.11. The first-order chi connectivity index (χ1) is 15.6. The average molecular weight is 428 g/mol. The summed E-state index contributed by atoms with van der Waals surface area (Å²) in [5, 5.41) is 19.7. The molecule has 2 bridgehead atoms. The predicted octanol–water partition coefficient (Wildman–Crippen LogP) is 3.44. The van der Waals surface area contributed by atoms with Gasteiger partial charge in [0, 0.05) is 12.1 Å². The molecule has 1 amide bonds. The highest BCUT2D eigenvalue weighted by Crippen LogP contribution is 2.85. The molecule has 2 aromatic heterocycles. The molecule has 5 aliphatic rings. The predicted molar refractivity (Wildman–Crippen MR) is 116 cm³/mol. The fraction of sp³-hybridized carbons (Fsp3) is 0.500. The van der Waals surface area contributed by atoms with Gasteiger partial charge in [0.1, 0.15) is 0 Å². The maximum atomic E-state index is 13.5. The van der Waals surface area contributed by atoms with Gasteiger partial charge < -0.3 is 14.9 Å². The Bertz CT molecular complexity index is 1300. The summed E-state index contributed by atoms with van der Waals surface area (Å²) in [4.78, 5) is 18.1. The molecule has 6 nitrogen and oxygen atoms in total. The Balaban J connectivity index is 1.14. The Hall–Kier alpha value is -2.73. The number of carbonyl (C=O) groups excluding carboxylic acids is 1. The Morgan fingerprint density at radius 3 is 2.75 bits per heavy atom. The number of carbonyl (C=O) groups is 1. The second kappa shape index (κ2) is 5.60. The van der Waals surface area contributed by atoms with Crippen molar-refractivity contribution in [3.63, 3.8) is 0 Å². The van der Waals surface area contributed by atoms with E-state index < -0.39 is 5.60 Å². The van der Waals surface area contributed by atoms with Crippen LogP contribution in [0.1, 0.15) is 28.9 Å². The molecule has 0 saturated heterocycles. The molecule has 162 valence electrons. The van der Waals surface area contributed by atoms with E-state index in [1.54, 1.807) is 0 Å². The van der Waals surface area contributed by atoms with E-state index in [1.165, 1.54) is 12.8 Å². The topological polar surface area (TPSA) is 88.2 Å². The maximum Gasteiger partial charge on any atom is 0.259 e. The third kappa shape index (κ3) is 1.87. The van der Waals surface area contributed by atoms with Crippen LogP contribution in [0.15, 0.2) is 40.9 Å². The average Bonchev–Trinajstić information content (AvgIpc) is 3.46. The van der Waals surface area contributed by atoms with E-state index in [9.17, 15) is 9.90 Å². The van der Waals surface area contributed by atoms with Crippen molar-refractivity contribution >= 4 is 17.0 Å². The van der Waals surface area contributed by atoms with Crippen molar-refractivity contribution < 1.29 is 14.4 Å². The zero-order chi connectivity index (χ0) is 21.4. The van der Waals surface area contributed by atoms with Crippen LogP contribution in [0, 0.1) is 54.3 Å². The van der Waals surface area contributed by atoms with E-state index in [0.717, 1.165) is 17.4 Å². The second-order valence-electron chi connectivity index (χ2n) is 10.9. The van der Waals surface area contributed by atoms with Crippen LogP contribution in [0.25, 0.3) is 22.4 Å². The fourth-order valence-electron chi connectivity index (χ4n) is 9.31. The number of fused-ring (bicyclic) bond motifs is 3. The summed E-state index contributed by atoms with van der Waals surface area (Å²) in [7, 11) is 0. The van der Waals surface area contributed by atoms with E-state index in [0.29, 0.717) is 70.1 Å². The molecule has 5 fully saturated rings. The lowest BCUT2D eigenvalue weighted by molar-refractivity contribution is -0.126. The van der Waals surface area contributed by atoms with Crippen LogP contribution in [-0.4, -0.2) is 33.3 Å². The second-order valence-corrected chi connectivity index (χ2v) is 10.9. The summed E-state index contributed by atoms with van der Waals surface area (Å²) in [6, 6.07) is 11.6. The van der Waals surface area contributed by atoms with E-state index in [4.69, 9.17) is 4.52 Å². The molecule has 5 saturated carbocycles. The third-order valence-electron chi connectivity index (χ3n) is 9.98.